The van der Waals surface area contributed by atoms with Gasteiger partial charge in [-0.25, -0.2) is 9.97 Å². The molecule has 1 aliphatic carbocycles. The van der Waals surface area contributed by atoms with Crippen molar-refractivity contribution in [3.05, 3.63) is 71.5 Å². The minimum absolute atomic E-state index is 0.0907. The number of hydrogen-bond donors (Lipinski definition) is 0. The van der Waals surface area contributed by atoms with E-state index in [1.807, 2.05) is 6.07 Å². The standard InChI is InChI=1S/C22H22N2/c1-14(2)21-23-19(15-10-6-5-7-11-15)18-20(24-21)16-12-8-9-13-17(16)22(18,3)4/h5-14H,1-4H3. The molecule has 2 heteroatoms. The minimum Gasteiger partial charge on any atom is -0.232 e. The van der Waals surface area contributed by atoms with Crippen LogP contribution in [0.2, 0.25) is 0 Å². The molecule has 0 atom stereocenters. The van der Waals surface area contributed by atoms with E-state index < -0.39 is 0 Å². The summed E-state index contributed by atoms with van der Waals surface area (Å²) in [6.07, 6.45) is 0. The first-order valence-corrected chi connectivity index (χ1v) is 8.58. The Balaban J connectivity index is 2.10. The molecule has 4 rings (SSSR count). The lowest BCUT2D eigenvalue weighted by Crippen LogP contribution is -2.18. The Kier molecular flexibility index (Phi) is 3.31. The quantitative estimate of drug-likeness (QED) is 0.617. The van der Waals surface area contributed by atoms with Gasteiger partial charge < -0.3 is 0 Å². The van der Waals surface area contributed by atoms with Gasteiger partial charge in [0.25, 0.3) is 0 Å². The van der Waals surface area contributed by atoms with Crippen molar-refractivity contribution in [2.45, 2.75) is 39.0 Å². The van der Waals surface area contributed by atoms with Crippen molar-refractivity contribution in [2.75, 3.05) is 0 Å². The summed E-state index contributed by atoms with van der Waals surface area (Å²) in [5, 5.41) is 0. The summed E-state index contributed by atoms with van der Waals surface area (Å²) < 4.78 is 0. The van der Waals surface area contributed by atoms with E-state index in [1.54, 1.807) is 0 Å². The monoisotopic (exact) mass is 314 g/mol. The van der Waals surface area contributed by atoms with Crippen LogP contribution in [0.5, 0.6) is 0 Å². The second-order valence-electron chi connectivity index (χ2n) is 7.35. The Bertz CT molecular complexity index is 909. The van der Waals surface area contributed by atoms with Gasteiger partial charge in [-0.15, -0.1) is 0 Å². The smallest absolute Gasteiger partial charge is 0.132 e. The topological polar surface area (TPSA) is 25.8 Å². The summed E-state index contributed by atoms with van der Waals surface area (Å²) >= 11 is 0. The third-order valence-electron chi connectivity index (χ3n) is 4.97. The summed E-state index contributed by atoms with van der Waals surface area (Å²) in [7, 11) is 0. The van der Waals surface area contributed by atoms with Crippen LogP contribution in [0, 0.1) is 0 Å². The highest BCUT2D eigenvalue weighted by molar-refractivity contribution is 5.84. The first-order valence-electron chi connectivity index (χ1n) is 8.58. The van der Waals surface area contributed by atoms with E-state index in [0.717, 1.165) is 17.2 Å². The zero-order chi connectivity index (χ0) is 16.9. The van der Waals surface area contributed by atoms with Crippen molar-refractivity contribution in [1.29, 1.82) is 0 Å². The van der Waals surface area contributed by atoms with Crippen molar-refractivity contribution >= 4 is 0 Å². The van der Waals surface area contributed by atoms with Crippen molar-refractivity contribution < 1.29 is 0 Å². The molecule has 0 bridgehead atoms. The molecule has 120 valence electrons. The van der Waals surface area contributed by atoms with E-state index in [0.29, 0.717) is 5.92 Å². The van der Waals surface area contributed by atoms with Crippen molar-refractivity contribution in [3.8, 4) is 22.5 Å². The lowest BCUT2D eigenvalue weighted by atomic mass is 9.81. The Morgan fingerprint density at radius 1 is 0.792 bits per heavy atom. The molecule has 0 N–H and O–H groups in total. The molecule has 3 aromatic rings. The van der Waals surface area contributed by atoms with Crippen LogP contribution in [0.25, 0.3) is 22.5 Å². The maximum absolute atomic E-state index is 4.98. The molecule has 2 nitrogen and oxygen atoms in total. The van der Waals surface area contributed by atoms with Crippen molar-refractivity contribution in [1.82, 2.24) is 9.97 Å². The molecule has 0 radical (unpaired) electrons. The third kappa shape index (κ3) is 2.10. The molecule has 1 heterocycles. The molecule has 0 saturated heterocycles. The highest BCUT2D eigenvalue weighted by atomic mass is 14.9. The van der Waals surface area contributed by atoms with E-state index in [2.05, 4.69) is 76.2 Å². The van der Waals surface area contributed by atoms with E-state index in [1.165, 1.54) is 22.3 Å². The van der Waals surface area contributed by atoms with Gasteiger partial charge in [-0.3, -0.25) is 0 Å². The van der Waals surface area contributed by atoms with E-state index >= 15 is 0 Å². The second-order valence-corrected chi connectivity index (χ2v) is 7.35. The molecule has 2 aromatic carbocycles. The molecule has 0 amide bonds. The number of nitrogens with zero attached hydrogens (tertiary/aromatic N) is 2. The summed E-state index contributed by atoms with van der Waals surface area (Å²) in [4.78, 5) is 9.95. The average Bonchev–Trinajstić information content (AvgIpc) is 2.83. The predicted molar refractivity (Wildman–Crippen MR) is 99.1 cm³/mol. The SMILES string of the molecule is CC(C)c1nc(-c2ccccc2)c2c(n1)-c1ccccc1C2(C)C. The lowest BCUT2D eigenvalue weighted by molar-refractivity contribution is 0.653. The number of fused-ring (bicyclic) bond motifs is 3. The van der Waals surface area contributed by atoms with Gasteiger partial charge in [-0.1, -0.05) is 82.3 Å². The first-order chi connectivity index (χ1) is 11.5. The summed E-state index contributed by atoms with van der Waals surface area (Å²) in [5.41, 5.74) is 7.09. The molecule has 0 unspecified atom stereocenters. The molecule has 24 heavy (non-hydrogen) atoms. The van der Waals surface area contributed by atoms with Gasteiger partial charge in [0.2, 0.25) is 0 Å². The fraction of sp³-hybridized carbons (Fsp3) is 0.273. The first kappa shape index (κ1) is 15.1. The Hall–Kier alpha value is -2.48. The van der Waals surface area contributed by atoms with Crippen LogP contribution in [0.4, 0.5) is 0 Å². The van der Waals surface area contributed by atoms with Gasteiger partial charge in [0.15, 0.2) is 0 Å². The summed E-state index contributed by atoms with van der Waals surface area (Å²) in [6, 6.07) is 19.1. The van der Waals surface area contributed by atoms with E-state index in [-0.39, 0.29) is 5.41 Å². The van der Waals surface area contributed by atoms with Gasteiger partial charge in [0.1, 0.15) is 5.82 Å². The average molecular weight is 314 g/mol. The van der Waals surface area contributed by atoms with Gasteiger partial charge in [0.05, 0.1) is 11.4 Å². The van der Waals surface area contributed by atoms with E-state index in [4.69, 9.17) is 9.97 Å². The molecule has 0 fully saturated rings. The zero-order valence-corrected chi connectivity index (χ0v) is 14.7. The highest BCUT2D eigenvalue weighted by Crippen LogP contribution is 2.50. The highest BCUT2D eigenvalue weighted by Gasteiger charge is 2.39. The maximum Gasteiger partial charge on any atom is 0.132 e. The molecule has 0 spiro atoms. The zero-order valence-electron chi connectivity index (χ0n) is 14.7. The largest absolute Gasteiger partial charge is 0.232 e. The summed E-state index contributed by atoms with van der Waals surface area (Å²) in [6.45, 7) is 8.87. The van der Waals surface area contributed by atoms with Crippen LogP contribution in [-0.4, -0.2) is 9.97 Å². The molecule has 0 saturated carbocycles. The Morgan fingerprint density at radius 3 is 2.12 bits per heavy atom. The van der Waals surface area contributed by atoms with Gasteiger partial charge in [-0.2, -0.15) is 0 Å². The third-order valence-corrected chi connectivity index (χ3v) is 4.97. The summed E-state index contributed by atoms with van der Waals surface area (Å²) in [5.74, 6) is 1.22. The Morgan fingerprint density at radius 2 is 1.42 bits per heavy atom. The minimum atomic E-state index is -0.0907. The Labute approximate surface area is 143 Å². The van der Waals surface area contributed by atoms with Crippen molar-refractivity contribution in [2.24, 2.45) is 0 Å². The maximum atomic E-state index is 4.98. The number of hydrogen-bond acceptors (Lipinski definition) is 2. The van der Waals surface area contributed by atoms with Crippen LogP contribution in [0.1, 0.15) is 50.6 Å². The van der Waals surface area contributed by atoms with Crippen LogP contribution >= 0.6 is 0 Å². The van der Waals surface area contributed by atoms with E-state index in [9.17, 15) is 0 Å². The number of rotatable bonds is 2. The molecular formula is C22H22N2. The molecule has 1 aromatic heterocycles. The second kappa shape index (κ2) is 5.27. The number of benzene rings is 2. The van der Waals surface area contributed by atoms with Crippen molar-refractivity contribution in [3.63, 3.8) is 0 Å². The number of aromatic nitrogens is 2. The van der Waals surface area contributed by atoms with Gasteiger partial charge in [0, 0.05) is 28.0 Å². The van der Waals surface area contributed by atoms with Crippen LogP contribution in [0.15, 0.2) is 54.6 Å². The normalized spacial score (nSPS) is 14.5. The van der Waals surface area contributed by atoms with Crippen LogP contribution in [0.3, 0.4) is 0 Å². The fourth-order valence-electron chi connectivity index (χ4n) is 3.70. The lowest BCUT2D eigenvalue weighted by Gasteiger charge is -2.24. The van der Waals surface area contributed by atoms with Crippen LogP contribution in [-0.2, 0) is 5.41 Å². The molecular weight excluding hydrogens is 292 g/mol. The van der Waals surface area contributed by atoms with Crippen LogP contribution < -0.4 is 0 Å². The molecule has 1 aliphatic rings. The predicted octanol–water partition coefficient (Wildman–Crippen LogP) is 5.57. The van der Waals surface area contributed by atoms with Gasteiger partial charge in [-0.05, 0) is 5.56 Å². The fourth-order valence-corrected chi connectivity index (χ4v) is 3.70. The van der Waals surface area contributed by atoms with Gasteiger partial charge >= 0.3 is 0 Å². The molecule has 0 aliphatic heterocycles.